The van der Waals surface area contributed by atoms with Gasteiger partial charge >= 0.3 is 5.97 Å². The van der Waals surface area contributed by atoms with Gasteiger partial charge < -0.3 is 4.74 Å². The summed E-state index contributed by atoms with van der Waals surface area (Å²) in [4.78, 5) is 24.3. The Kier molecular flexibility index (Phi) is 5.55. The summed E-state index contributed by atoms with van der Waals surface area (Å²) in [5.74, 6) is 2.54. The highest BCUT2D eigenvalue weighted by Crippen LogP contribution is 2.66. The summed E-state index contributed by atoms with van der Waals surface area (Å²) in [6, 6.07) is 0. The van der Waals surface area contributed by atoms with Crippen LogP contribution in [0.1, 0.15) is 85.5 Å². The first-order chi connectivity index (χ1) is 13.8. The van der Waals surface area contributed by atoms with Crippen LogP contribution in [0, 0.1) is 34.5 Å². The van der Waals surface area contributed by atoms with Gasteiger partial charge in [0.25, 0.3) is 0 Å². The zero-order valence-electron chi connectivity index (χ0n) is 18.7. The summed E-state index contributed by atoms with van der Waals surface area (Å²) < 4.78 is 5.56. The quantitative estimate of drug-likeness (QED) is 0.330. The van der Waals surface area contributed by atoms with E-state index in [2.05, 4.69) is 26.8 Å². The van der Waals surface area contributed by atoms with Gasteiger partial charge in [0.1, 0.15) is 6.10 Å². The molecule has 0 N–H and O–H groups in total. The minimum absolute atomic E-state index is 0.0658. The van der Waals surface area contributed by atoms with E-state index in [0.717, 1.165) is 44.4 Å². The molecule has 0 unspecified atom stereocenters. The molecule has 7 atom stereocenters. The van der Waals surface area contributed by atoms with Crippen molar-refractivity contribution >= 4 is 11.8 Å². The van der Waals surface area contributed by atoms with Crippen molar-refractivity contribution in [1.29, 1.82) is 0 Å². The summed E-state index contributed by atoms with van der Waals surface area (Å²) in [6.45, 7) is 8.51. The number of carbonyl (C=O) groups excluding carboxylic acids is 2. The topological polar surface area (TPSA) is 43.4 Å². The molecular weight excluding hydrogens is 360 g/mol. The average molecular weight is 399 g/mol. The Morgan fingerprint density at radius 3 is 2.66 bits per heavy atom. The lowest BCUT2D eigenvalue weighted by molar-refractivity contribution is -0.149. The molecule has 4 aliphatic carbocycles. The number of fused-ring (bicyclic) bond motifs is 5. The van der Waals surface area contributed by atoms with Crippen LogP contribution in [0.15, 0.2) is 23.8 Å². The fraction of sp³-hybridized carbons (Fsp3) is 0.769. The zero-order valence-corrected chi connectivity index (χ0v) is 18.7. The van der Waals surface area contributed by atoms with Crippen molar-refractivity contribution in [1.82, 2.24) is 0 Å². The van der Waals surface area contributed by atoms with Crippen LogP contribution in [0.2, 0.25) is 0 Å². The highest BCUT2D eigenvalue weighted by molar-refractivity contribution is 5.92. The maximum Gasteiger partial charge on any atom is 0.302 e. The van der Waals surface area contributed by atoms with E-state index >= 15 is 0 Å². The molecule has 0 aromatic carbocycles. The molecule has 3 saturated carbocycles. The maximum atomic E-state index is 12.9. The second-order valence-corrected chi connectivity index (χ2v) is 10.6. The zero-order chi connectivity index (χ0) is 20.8. The van der Waals surface area contributed by atoms with Gasteiger partial charge in [-0.2, -0.15) is 0 Å². The summed E-state index contributed by atoms with van der Waals surface area (Å²) in [5.41, 5.74) is 1.97. The van der Waals surface area contributed by atoms with Crippen LogP contribution in [0.25, 0.3) is 0 Å². The largest absolute Gasteiger partial charge is 0.462 e. The Morgan fingerprint density at radius 2 is 1.93 bits per heavy atom. The van der Waals surface area contributed by atoms with Gasteiger partial charge in [0.05, 0.1) is 0 Å². The van der Waals surface area contributed by atoms with Crippen molar-refractivity contribution in [3.8, 4) is 0 Å². The lowest BCUT2D eigenvalue weighted by Gasteiger charge is -2.58. The van der Waals surface area contributed by atoms with Crippen LogP contribution in [0.5, 0.6) is 0 Å². The molecule has 3 heteroatoms. The first-order valence-corrected chi connectivity index (χ1v) is 11.9. The van der Waals surface area contributed by atoms with Crippen LogP contribution in [-0.2, 0) is 14.3 Å². The number of allylic oxidation sites excluding steroid dienone is 3. The van der Waals surface area contributed by atoms with E-state index in [9.17, 15) is 9.59 Å². The number of hydrogen-bond acceptors (Lipinski definition) is 3. The highest BCUT2D eigenvalue weighted by Gasteiger charge is 2.59. The summed E-state index contributed by atoms with van der Waals surface area (Å²) in [7, 11) is 0. The molecule has 0 radical (unpaired) electrons. The van der Waals surface area contributed by atoms with Gasteiger partial charge in [-0.25, -0.2) is 0 Å². The van der Waals surface area contributed by atoms with E-state index in [4.69, 9.17) is 4.74 Å². The fourth-order valence-electron chi connectivity index (χ4n) is 7.78. The molecule has 0 bridgehead atoms. The lowest BCUT2D eigenvalue weighted by atomic mass is 9.47. The predicted molar refractivity (Wildman–Crippen MR) is 115 cm³/mol. The fourth-order valence-corrected chi connectivity index (χ4v) is 7.78. The molecule has 3 fully saturated rings. The number of carbonyl (C=O) groups is 2. The average Bonchev–Trinajstić information content (AvgIpc) is 3.03. The van der Waals surface area contributed by atoms with Crippen molar-refractivity contribution in [2.24, 2.45) is 34.5 Å². The summed E-state index contributed by atoms with van der Waals surface area (Å²) in [5, 5.41) is 0. The normalized spacial score (nSPS) is 43.9. The van der Waals surface area contributed by atoms with E-state index in [0.29, 0.717) is 17.6 Å². The van der Waals surface area contributed by atoms with Crippen LogP contribution in [0.3, 0.4) is 0 Å². The molecule has 0 heterocycles. The second-order valence-electron chi connectivity index (χ2n) is 10.6. The molecule has 4 aliphatic rings. The Balaban J connectivity index is 1.55. The molecule has 0 aromatic rings. The van der Waals surface area contributed by atoms with Crippen molar-refractivity contribution in [2.75, 3.05) is 0 Å². The predicted octanol–water partition coefficient (Wildman–Crippen LogP) is 6.03. The SMILES string of the molecule is CC/C=C/C(=O)[C@H]1CC[C@H]2[C@@H]3CC=C4C[C@@H](OC(C)=O)CC[C@]4(C)[C@H]3CC[C@]12C. The van der Waals surface area contributed by atoms with Gasteiger partial charge in [0.15, 0.2) is 5.78 Å². The van der Waals surface area contributed by atoms with Crippen molar-refractivity contribution < 1.29 is 14.3 Å². The Bertz CT molecular complexity index is 734. The molecule has 160 valence electrons. The molecule has 29 heavy (non-hydrogen) atoms. The Labute approximate surface area is 176 Å². The minimum Gasteiger partial charge on any atom is -0.462 e. The monoisotopic (exact) mass is 398 g/mol. The molecular formula is C26H38O3. The number of hydrogen-bond donors (Lipinski definition) is 0. The van der Waals surface area contributed by atoms with Gasteiger partial charge in [0, 0.05) is 19.3 Å². The minimum atomic E-state index is -0.153. The molecule has 0 aromatic heterocycles. The number of ketones is 1. The third-order valence-corrected chi connectivity index (χ3v) is 9.25. The summed E-state index contributed by atoms with van der Waals surface area (Å²) >= 11 is 0. The third-order valence-electron chi connectivity index (χ3n) is 9.25. The van der Waals surface area contributed by atoms with Crippen molar-refractivity contribution in [3.63, 3.8) is 0 Å². The summed E-state index contributed by atoms with van der Waals surface area (Å²) in [6.07, 6.45) is 16.3. The maximum absolute atomic E-state index is 12.9. The van der Waals surface area contributed by atoms with E-state index in [1.54, 1.807) is 0 Å². The van der Waals surface area contributed by atoms with E-state index in [1.807, 2.05) is 12.2 Å². The number of rotatable bonds is 4. The Morgan fingerprint density at radius 1 is 1.14 bits per heavy atom. The number of esters is 1. The van der Waals surface area contributed by atoms with Crippen LogP contribution in [-0.4, -0.2) is 17.9 Å². The smallest absolute Gasteiger partial charge is 0.302 e. The van der Waals surface area contributed by atoms with Gasteiger partial charge in [-0.15, -0.1) is 0 Å². The molecule has 0 spiro atoms. The first kappa shape index (κ1) is 20.9. The van der Waals surface area contributed by atoms with Gasteiger partial charge in [-0.3, -0.25) is 9.59 Å². The first-order valence-electron chi connectivity index (χ1n) is 11.9. The van der Waals surface area contributed by atoms with E-state index in [-0.39, 0.29) is 28.8 Å². The van der Waals surface area contributed by atoms with Crippen molar-refractivity contribution in [3.05, 3.63) is 23.8 Å². The lowest BCUT2D eigenvalue weighted by Crippen LogP contribution is -2.51. The van der Waals surface area contributed by atoms with E-state index < -0.39 is 0 Å². The molecule has 4 rings (SSSR count). The molecule has 0 saturated heterocycles. The van der Waals surface area contributed by atoms with Gasteiger partial charge in [-0.1, -0.05) is 38.5 Å². The third kappa shape index (κ3) is 3.43. The standard InChI is InChI=1S/C26H38O3/c1-5-6-7-24(28)23-11-10-21-20-9-8-18-16-19(29-17(2)27)12-14-25(18,3)22(20)13-15-26(21,23)4/h6-8,19-23H,5,9-16H2,1-4H3/b7-6+/t19-,20-,21-,22-,23+,25-,26-/m0/s1. The molecule has 0 aliphatic heterocycles. The van der Waals surface area contributed by atoms with Crippen LogP contribution in [0.4, 0.5) is 0 Å². The molecule has 0 amide bonds. The van der Waals surface area contributed by atoms with Gasteiger partial charge in [-0.05, 0) is 86.0 Å². The molecule has 3 nitrogen and oxygen atoms in total. The second kappa shape index (κ2) is 7.71. The van der Waals surface area contributed by atoms with Crippen LogP contribution >= 0.6 is 0 Å². The van der Waals surface area contributed by atoms with Gasteiger partial charge in [0.2, 0.25) is 0 Å². The van der Waals surface area contributed by atoms with E-state index in [1.165, 1.54) is 31.8 Å². The van der Waals surface area contributed by atoms with Crippen LogP contribution < -0.4 is 0 Å². The van der Waals surface area contributed by atoms with Crippen molar-refractivity contribution in [2.45, 2.75) is 91.6 Å². The number of ether oxygens (including phenoxy) is 1. The Hall–Kier alpha value is -1.38. The highest BCUT2D eigenvalue weighted by atomic mass is 16.5.